The minimum atomic E-state index is -0.453. The van der Waals surface area contributed by atoms with E-state index in [1.54, 1.807) is 10.9 Å². The van der Waals surface area contributed by atoms with Crippen LogP contribution in [0.15, 0.2) is 12.4 Å². The van der Waals surface area contributed by atoms with Crippen LogP contribution in [0.1, 0.15) is 20.8 Å². The summed E-state index contributed by atoms with van der Waals surface area (Å²) in [7, 11) is 0. The van der Waals surface area contributed by atoms with Gasteiger partial charge in [0.05, 0.1) is 16.3 Å². The molecule has 0 saturated carbocycles. The Morgan fingerprint density at radius 2 is 2.31 bits per heavy atom. The summed E-state index contributed by atoms with van der Waals surface area (Å²) in [5, 5.41) is 6.78. The van der Waals surface area contributed by atoms with Crippen molar-refractivity contribution >= 4 is 28.7 Å². The van der Waals surface area contributed by atoms with E-state index in [4.69, 9.17) is 4.74 Å². The summed E-state index contributed by atoms with van der Waals surface area (Å²) in [6.45, 7) is 6.66. The van der Waals surface area contributed by atoms with E-state index in [0.717, 1.165) is 3.57 Å². The lowest BCUT2D eigenvalue weighted by Gasteiger charge is -2.19. The molecule has 0 unspecified atom stereocenters. The number of amides is 1. The number of halogens is 1. The lowest BCUT2D eigenvalue weighted by atomic mass is 10.2. The SMILES string of the molecule is CC(C)(C)OC(=O)NCCn1cc(I)cn1. The molecule has 1 heterocycles. The zero-order valence-electron chi connectivity index (χ0n) is 9.66. The maximum absolute atomic E-state index is 11.3. The molecular formula is C10H16IN3O2. The highest BCUT2D eigenvalue weighted by atomic mass is 127. The van der Waals surface area contributed by atoms with E-state index < -0.39 is 11.7 Å². The molecule has 0 aliphatic heterocycles. The molecule has 90 valence electrons. The third-order valence-electron chi connectivity index (χ3n) is 1.61. The third-order valence-corrected chi connectivity index (χ3v) is 2.17. The molecule has 0 fully saturated rings. The second-order valence-corrected chi connectivity index (χ2v) is 5.60. The summed E-state index contributed by atoms with van der Waals surface area (Å²) in [6, 6.07) is 0. The zero-order valence-corrected chi connectivity index (χ0v) is 11.8. The molecular weight excluding hydrogens is 321 g/mol. The van der Waals surface area contributed by atoms with Crippen molar-refractivity contribution in [1.29, 1.82) is 0 Å². The van der Waals surface area contributed by atoms with Gasteiger partial charge in [-0.05, 0) is 43.4 Å². The molecule has 16 heavy (non-hydrogen) atoms. The molecule has 1 aromatic heterocycles. The molecule has 0 aliphatic carbocycles. The van der Waals surface area contributed by atoms with E-state index in [0.29, 0.717) is 13.1 Å². The monoisotopic (exact) mass is 337 g/mol. The normalized spacial score (nSPS) is 11.2. The van der Waals surface area contributed by atoms with Crippen LogP contribution in [0.3, 0.4) is 0 Å². The standard InChI is InChI=1S/C10H16IN3O2/c1-10(2,3)16-9(15)12-4-5-14-7-8(11)6-13-14/h6-7H,4-5H2,1-3H3,(H,12,15). The Balaban J connectivity index is 2.23. The fourth-order valence-electron chi connectivity index (χ4n) is 1.05. The number of hydrogen-bond acceptors (Lipinski definition) is 3. The number of rotatable bonds is 3. The topological polar surface area (TPSA) is 56.1 Å². The van der Waals surface area contributed by atoms with Gasteiger partial charge in [-0.2, -0.15) is 5.10 Å². The van der Waals surface area contributed by atoms with Crippen LogP contribution in [0.4, 0.5) is 4.79 Å². The second-order valence-electron chi connectivity index (χ2n) is 4.35. The fourth-order valence-corrected chi connectivity index (χ4v) is 1.49. The molecule has 0 radical (unpaired) electrons. The summed E-state index contributed by atoms with van der Waals surface area (Å²) < 4.78 is 7.96. The number of carbonyl (C=O) groups is 1. The van der Waals surface area contributed by atoms with Crippen LogP contribution in [0.25, 0.3) is 0 Å². The van der Waals surface area contributed by atoms with Crippen molar-refractivity contribution in [3.63, 3.8) is 0 Å². The summed E-state index contributed by atoms with van der Waals surface area (Å²) in [5.41, 5.74) is -0.453. The highest BCUT2D eigenvalue weighted by Gasteiger charge is 2.15. The molecule has 0 saturated heterocycles. The number of alkyl carbamates (subject to hydrolysis) is 1. The van der Waals surface area contributed by atoms with Crippen LogP contribution in [0.5, 0.6) is 0 Å². The molecule has 1 rings (SSSR count). The van der Waals surface area contributed by atoms with Crippen LogP contribution in [0, 0.1) is 3.57 Å². The Kier molecular flexibility index (Phi) is 4.57. The Bertz CT molecular complexity index is 357. The minimum absolute atomic E-state index is 0.394. The first kappa shape index (κ1) is 13.3. The van der Waals surface area contributed by atoms with Crippen molar-refractivity contribution in [2.45, 2.75) is 32.9 Å². The maximum atomic E-state index is 11.3. The van der Waals surface area contributed by atoms with E-state index >= 15 is 0 Å². The number of ether oxygens (including phenoxy) is 1. The minimum Gasteiger partial charge on any atom is -0.444 e. The fraction of sp³-hybridized carbons (Fsp3) is 0.600. The van der Waals surface area contributed by atoms with E-state index in [9.17, 15) is 4.79 Å². The Labute approximate surface area is 109 Å². The van der Waals surface area contributed by atoms with Crippen LogP contribution in [-0.2, 0) is 11.3 Å². The number of carbonyl (C=O) groups excluding carboxylic acids is 1. The van der Waals surface area contributed by atoms with E-state index in [2.05, 4.69) is 33.0 Å². The molecule has 0 atom stereocenters. The predicted molar refractivity (Wildman–Crippen MR) is 69.2 cm³/mol. The molecule has 0 aliphatic rings. The third kappa shape index (κ3) is 5.34. The summed E-state index contributed by atoms with van der Waals surface area (Å²) in [5.74, 6) is 0. The van der Waals surface area contributed by atoms with Gasteiger partial charge >= 0.3 is 6.09 Å². The molecule has 5 nitrogen and oxygen atoms in total. The van der Waals surface area contributed by atoms with Crippen LogP contribution in [0.2, 0.25) is 0 Å². The summed E-state index contributed by atoms with van der Waals surface area (Å²) in [4.78, 5) is 11.3. The van der Waals surface area contributed by atoms with Gasteiger partial charge in [0.25, 0.3) is 0 Å². The quantitative estimate of drug-likeness (QED) is 0.859. The van der Waals surface area contributed by atoms with Crippen molar-refractivity contribution in [3.05, 3.63) is 16.0 Å². The van der Waals surface area contributed by atoms with Crippen LogP contribution in [-0.4, -0.2) is 28.0 Å². The molecule has 0 spiro atoms. The lowest BCUT2D eigenvalue weighted by Crippen LogP contribution is -2.34. The average molecular weight is 337 g/mol. The van der Waals surface area contributed by atoms with Gasteiger partial charge in [-0.1, -0.05) is 0 Å². The van der Waals surface area contributed by atoms with Crippen molar-refractivity contribution in [2.75, 3.05) is 6.54 Å². The highest BCUT2D eigenvalue weighted by Crippen LogP contribution is 2.06. The van der Waals surface area contributed by atoms with Gasteiger partial charge in [-0.3, -0.25) is 4.68 Å². The van der Waals surface area contributed by atoms with Gasteiger partial charge in [0, 0.05) is 12.7 Å². The summed E-state index contributed by atoms with van der Waals surface area (Å²) >= 11 is 2.19. The molecule has 1 N–H and O–H groups in total. The van der Waals surface area contributed by atoms with Gasteiger partial charge in [-0.15, -0.1) is 0 Å². The van der Waals surface area contributed by atoms with E-state index in [1.807, 2.05) is 27.0 Å². The first-order valence-electron chi connectivity index (χ1n) is 5.01. The van der Waals surface area contributed by atoms with E-state index in [-0.39, 0.29) is 0 Å². The largest absolute Gasteiger partial charge is 0.444 e. The molecule has 1 aromatic rings. The first-order chi connectivity index (χ1) is 7.37. The number of aromatic nitrogens is 2. The van der Waals surface area contributed by atoms with Gasteiger partial charge < -0.3 is 10.1 Å². The molecule has 0 aromatic carbocycles. The Morgan fingerprint density at radius 1 is 1.62 bits per heavy atom. The number of nitrogens with one attached hydrogen (secondary N) is 1. The van der Waals surface area contributed by atoms with Gasteiger partial charge in [0.2, 0.25) is 0 Å². The lowest BCUT2D eigenvalue weighted by molar-refractivity contribution is 0.0525. The zero-order chi connectivity index (χ0) is 12.2. The second kappa shape index (κ2) is 5.51. The van der Waals surface area contributed by atoms with Crippen molar-refractivity contribution < 1.29 is 9.53 Å². The van der Waals surface area contributed by atoms with Crippen LogP contribution >= 0.6 is 22.6 Å². The highest BCUT2D eigenvalue weighted by molar-refractivity contribution is 14.1. The van der Waals surface area contributed by atoms with Crippen molar-refractivity contribution in [2.24, 2.45) is 0 Å². The Morgan fingerprint density at radius 3 is 2.81 bits per heavy atom. The first-order valence-corrected chi connectivity index (χ1v) is 6.09. The molecule has 0 bridgehead atoms. The average Bonchev–Trinajstić information content (AvgIpc) is 2.48. The predicted octanol–water partition coefficient (Wildman–Crippen LogP) is 2.01. The van der Waals surface area contributed by atoms with Crippen LogP contribution < -0.4 is 5.32 Å². The molecule has 6 heteroatoms. The van der Waals surface area contributed by atoms with Crippen molar-refractivity contribution in [3.8, 4) is 0 Å². The number of hydrogen-bond donors (Lipinski definition) is 1. The number of nitrogens with zero attached hydrogens (tertiary/aromatic N) is 2. The molecule has 1 amide bonds. The van der Waals surface area contributed by atoms with E-state index in [1.165, 1.54) is 0 Å². The Hall–Kier alpha value is -0.790. The van der Waals surface area contributed by atoms with Gasteiger partial charge in [0.1, 0.15) is 5.60 Å². The summed E-state index contributed by atoms with van der Waals surface area (Å²) in [6.07, 6.45) is 3.29. The smallest absolute Gasteiger partial charge is 0.407 e. The van der Waals surface area contributed by atoms with Crippen molar-refractivity contribution in [1.82, 2.24) is 15.1 Å². The van der Waals surface area contributed by atoms with Gasteiger partial charge in [-0.25, -0.2) is 4.79 Å². The van der Waals surface area contributed by atoms with Gasteiger partial charge in [0.15, 0.2) is 0 Å². The maximum Gasteiger partial charge on any atom is 0.407 e.